The van der Waals surface area contributed by atoms with Gasteiger partial charge in [-0.15, -0.1) is 0 Å². The molecular weight excluding hydrogens is 350 g/mol. The first-order valence-corrected chi connectivity index (χ1v) is 9.51. The number of benzene rings is 1. The molecule has 2 aromatic heterocycles. The lowest BCUT2D eigenvalue weighted by Gasteiger charge is -2.13. The zero-order valence-corrected chi connectivity index (χ0v) is 15.6. The molecule has 2 heterocycles. The topological polar surface area (TPSA) is 77.1 Å². The molecule has 0 saturated carbocycles. The first kappa shape index (κ1) is 18.3. The van der Waals surface area contributed by atoms with Crippen LogP contribution in [0.3, 0.4) is 0 Å². The summed E-state index contributed by atoms with van der Waals surface area (Å²) < 4.78 is 6.93. The molecule has 0 aliphatic heterocycles. The summed E-state index contributed by atoms with van der Waals surface area (Å²) in [7, 11) is 0. The van der Waals surface area contributed by atoms with Gasteiger partial charge in [-0.25, -0.2) is 4.98 Å². The van der Waals surface area contributed by atoms with Gasteiger partial charge in [0.2, 0.25) is 5.91 Å². The van der Waals surface area contributed by atoms with Gasteiger partial charge in [0.15, 0.2) is 5.16 Å². The van der Waals surface area contributed by atoms with E-state index in [1.54, 1.807) is 29.0 Å². The Kier molecular flexibility index (Phi) is 5.78. The fourth-order valence-corrected chi connectivity index (χ4v) is 3.31. The molecule has 3 aromatic rings. The van der Waals surface area contributed by atoms with Gasteiger partial charge in [0.25, 0.3) is 5.56 Å². The van der Waals surface area contributed by atoms with E-state index in [0.29, 0.717) is 21.8 Å². The number of hydrogen-bond donors (Lipinski definition) is 1. The van der Waals surface area contributed by atoms with Crippen molar-refractivity contribution in [2.24, 2.45) is 0 Å². The molecule has 1 amide bonds. The van der Waals surface area contributed by atoms with Gasteiger partial charge >= 0.3 is 0 Å². The number of thioether (sulfide) groups is 1. The van der Waals surface area contributed by atoms with E-state index in [9.17, 15) is 9.59 Å². The lowest BCUT2D eigenvalue weighted by atomic mass is 10.2. The van der Waals surface area contributed by atoms with E-state index in [1.165, 1.54) is 11.8 Å². The van der Waals surface area contributed by atoms with Crippen molar-refractivity contribution in [3.05, 3.63) is 58.8 Å². The number of nitrogens with one attached hydrogen (secondary N) is 1. The maximum atomic E-state index is 12.9. The van der Waals surface area contributed by atoms with Crippen molar-refractivity contribution in [1.82, 2.24) is 14.9 Å². The number of nitrogens with zero attached hydrogens (tertiary/aromatic N) is 2. The first-order valence-electron chi connectivity index (χ1n) is 8.52. The predicted octanol–water partition coefficient (Wildman–Crippen LogP) is 3.04. The second-order valence-corrected chi connectivity index (χ2v) is 6.99. The second kappa shape index (κ2) is 8.23. The van der Waals surface area contributed by atoms with Gasteiger partial charge in [0.05, 0.1) is 29.5 Å². The number of carbonyl (C=O) groups is 1. The summed E-state index contributed by atoms with van der Waals surface area (Å²) in [6.07, 6.45) is 2.44. The summed E-state index contributed by atoms with van der Waals surface area (Å²) in [6, 6.07) is 10.9. The Bertz CT molecular complexity index is 950. The molecule has 1 N–H and O–H groups in total. The minimum atomic E-state index is -0.142. The van der Waals surface area contributed by atoms with E-state index < -0.39 is 0 Å². The molecule has 0 aliphatic rings. The molecule has 1 aromatic carbocycles. The molecule has 7 heteroatoms. The quantitative estimate of drug-likeness (QED) is 0.510. The van der Waals surface area contributed by atoms with Gasteiger partial charge in [0, 0.05) is 6.04 Å². The van der Waals surface area contributed by atoms with Gasteiger partial charge in [-0.2, -0.15) is 0 Å². The average Bonchev–Trinajstić information content (AvgIpc) is 3.15. The molecule has 0 bridgehead atoms. The van der Waals surface area contributed by atoms with Gasteiger partial charge < -0.3 is 9.73 Å². The van der Waals surface area contributed by atoms with Crippen LogP contribution < -0.4 is 10.9 Å². The van der Waals surface area contributed by atoms with Crippen LogP contribution in [0.15, 0.2) is 57.0 Å². The van der Waals surface area contributed by atoms with Crippen molar-refractivity contribution in [3.8, 4) is 0 Å². The van der Waals surface area contributed by atoms with Crippen molar-refractivity contribution in [2.45, 2.75) is 38.0 Å². The van der Waals surface area contributed by atoms with E-state index in [0.717, 1.165) is 6.42 Å². The van der Waals surface area contributed by atoms with Crippen molar-refractivity contribution < 1.29 is 9.21 Å². The molecule has 1 atom stereocenters. The number of aromatic nitrogens is 2. The van der Waals surface area contributed by atoms with Gasteiger partial charge in [-0.3, -0.25) is 14.2 Å². The molecule has 136 valence electrons. The van der Waals surface area contributed by atoms with Crippen LogP contribution in [-0.4, -0.2) is 27.3 Å². The van der Waals surface area contributed by atoms with Crippen LogP contribution in [-0.2, 0) is 11.3 Å². The number of furan rings is 1. The Morgan fingerprint density at radius 1 is 1.31 bits per heavy atom. The fourth-order valence-electron chi connectivity index (χ4n) is 2.50. The Labute approximate surface area is 155 Å². The number of amides is 1. The third-order valence-corrected chi connectivity index (χ3v) is 5.05. The van der Waals surface area contributed by atoms with Crippen LogP contribution in [0, 0.1) is 0 Å². The molecule has 6 nitrogen and oxygen atoms in total. The van der Waals surface area contributed by atoms with Crippen LogP contribution in [0.2, 0.25) is 0 Å². The highest BCUT2D eigenvalue weighted by molar-refractivity contribution is 7.99. The van der Waals surface area contributed by atoms with E-state index in [-0.39, 0.29) is 29.8 Å². The minimum absolute atomic E-state index is 0.0729. The summed E-state index contributed by atoms with van der Waals surface area (Å²) in [5.41, 5.74) is 0.481. The molecule has 0 fully saturated rings. The summed E-state index contributed by atoms with van der Waals surface area (Å²) in [5.74, 6) is 0.791. The molecule has 0 spiro atoms. The van der Waals surface area contributed by atoms with E-state index in [1.807, 2.05) is 32.0 Å². The minimum Gasteiger partial charge on any atom is -0.467 e. The lowest BCUT2D eigenvalue weighted by Crippen LogP contribution is -2.33. The number of hydrogen-bond acceptors (Lipinski definition) is 5. The Hall–Kier alpha value is -2.54. The molecule has 26 heavy (non-hydrogen) atoms. The largest absolute Gasteiger partial charge is 0.467 e. The Morgan fingerprint density at radius 2 is 2.12 bits per heavy atom. The number of rotatable bonds is 7. The maximum Gasteiger partial charge on any atom is 0.262 e. The highest BCUT2D eigenvalue weighted by atomic mass is 32.2. The third kappa shape index (κ3) is 4.16. The third-order valence-electron chi connectivity index (χ3n) is 4.07. The van der Waals surface area contributed by atoms with Crippen LogP contribution >= 0.6 is 11.8 Å². The maximum absolute atomic E-state index is 12.9. The lowest BCUT2D eigenvalue weighted by molar-refractivity contribution is -0.119. The van der Waals surface area contributed by atoms with E-state index >= 15 is 0 Å². The second-order valence-electron chi connectivity index (χ2n) is 6.05. The van der Waals surface area contributed by atoms with Crippen molar-refractivity contribution in [3.63, 3.8) is 0 Å². The zero-order valence-electron chi connectivity index (χ0n) is 14.8. The number of carbonyl (C=O) groups excluding carboxylic acids is 1. The molecule has 0 radical (unpaired) electrons. The highest BCUT2D eigenvalue weighted by Gasteiger charge is 2.15. The van der Waals surface area contributed by atoms with Gasteiger partial charge in [-0.1, -0.05) is 30.8 Å². The summed E-state index contributed by atoms with van der Waals surface area (Å²) in [6.45, 7) is 4.26. The van der Waals surface area contributed by atoms with E-state index in [4.69, 9.17) is 4.42 Å². The molecular formula is C19H21N3O3S. The fraction of sp³-hybridized carbons (Fsp3) is 0.316. The monoisotopic (exact) mass is 371 g/mol. The Balaban J connectivity index is 1.91. The number of fused-ring (bicyclic) bond motifs is 1. The average molecular weight is 371 g/mol. The van der Waals surface area contributed by atoms with Crippen LogP contribution in [0.1, 0.15) is 26.0 Å². The first-order chi connectivity index (χ1) is 12.6. The molecule has 3 rings (SSSR count). The highest BCUT2D eigenvalue weighted by Crippen LogP contribution is 2.19. The van der Waals surface area contributed by atoms with Gasteiger partial charge in [0.1, 0.15) is 5.76 Å². The number of para-hydroxylation sites is 1. The molecule has 1 unspecified atom stereocenters. The zero-order chi connectivity index (χ0) is 18.5. The summed E-state index contributed by atoms with van der Waals surface area (Å²) >= 11 is 1.26. The van der Waals surface area contributed by atoms with Crippen LogP contribution in [0.4, 0.5) is 0 Å². The predicted molar refractivity (Wildman–Crippen MR) is 102 cm³/mol. The summed E-state index contributed by atoms with van der Waals surface area (Å²) in [5, 5.41) is 3.98. The van der Waals surface area contributed by atoms with Crippen LogP contribution in [0.5, 0.6) is 0 Å². The standard InChI is InChI=1S/C19H21N3O3S/c1-3-13(2)20-17(23)12-26-19-21-16-9-5-4-8-15(16)18(24)22(19)11-14-7-6-10-25-14/h4-10,13H,3,11-12H2,1-2H3,(H,20,23). The van der Waals surface area contributed by atoms with Crippen LogP contribution in [0.25, 0.3) is 10.9 Å². The van der Waals surface area contributed by atoms with Crippen molar-refractivity contribution >= 4 is 28.6 Å². The van der Waals surface area contributed by atoms with Crippen molar-refractivity contribution in [2.75, 3.05) is 5.75 Å². The smallest absolute Gasteiger partial charge is 0.262 e. The normalized spacial score (nSPS) is 12.2. The molecule has 0 saturated heterocycles. The van der Waals surface area contributed by atoms with E-state index in [2.05, 4.69) is 10.3 Å². The summed E-state index contributed by atoms with van der Waals surface area (Å²) in [4.78, 5) is 29.6. The SMILES string of the molecule is CCC(C)NC(=O)CSc1nc2ccccc2c(=O)n1Cc1ccco1. The molecule has 0 aliphatic carbocycles. The Morgan fingerprint density at radius 3 is 2.85 bits per heavy atom. The van der Waals surface area contributed by atoms with Crippen molar-refractivity contribution in [1.29, 1.82) is 0 Å². The van der Waals surface area contributed by atoms with Gasteiger partial charge in [-0.05, 0) is 37.6 Å².